The maximum atomic E-state index is 13.8. The van der Waals surface area contributed by atoms with E-state index in [1.807, 2.05) is 6.92 Å². The van der Waals surface area contributed by atoms with Crippen LogP contribution in [0, 0.1) is 11.6 Å². The van der Waals surface area contributed by atoms with Crippen LogP contribution in [-0.4, -0.2) is 30.1 Å². The minimum atomic E-state index is -0.380. The van der Waals surface area contributed by atoms with Crippen LogP contribution >= 0.6 is 12.4 Å². The van der Waals surface area contributed by atoms with E-state index < -0.39 is 0 Å². The Labute approximate surface area is 119 Å². The van der Waals surface area contributed by atoms with Gasteiger partial charge in [-0.1, -0.05) is 0 Å². The molecule has 2 nitrogen and oxygen atoms in total. The Hall–Kier alpha value is -0.710. The van der Waals surface area contributed by atoms with Crippen molar-refractivity contribution in [2.24, 2.45) is 0 Å². The molecule has 0 radical (unpaired) electrons. The summed E-state index contributed by atoms with van der Waals surface area (Å²) in [7, 11) is 0. The molecular weight excluding hydrogens is 270 g/mol. The first-order valence-electron chi connectivity index (χ1n) is 6.42. The molecule has 1 heterocycles. The molecule has 1 aliphatic rings. The van der Waals surface area contributed by atoms with E-state index in [4.69, 9.17) is 0 Å². The van der Waals surface area contributed by atoms with E-state index in [0.717, 1.165) is 19.2 Å². The number of hydrogen-bond donors (Lipinski definition) is 1. The van der Waals surface area contributed by atoms with Crippen LogP contribution in [0.15, 0.2) is 18.2 Å². The molecule has 19 heavy (non-hydrogen) atoms. The second-order valence-electron chi connectivity index (χ2n) is 5.26. The Balaban J connectivity index is 0.00000180. The second-order valence-corrected chi connectivity index (χ2v) is 5.26. The molecule has 0 aromatic heterocycles. The molecule has 108 valence electrons. The Kier molecular flexibility index (Phi) is 5.71. The van der Waals surface area contributed by atoms with E-state index in [9.17, 15) is 8.78 Å². The first kappa shape index (κ1) is 16.3. The highest BCUT2D eigenvalue weighted by Gasteiger charge is 2.26. The van der Waals surface area contributed by atoms with E-state index in [2.05, 4.69) is 24.1 Å². The number of hydrogen-bond acceptors (Lipinski definition) is 2. The summed E-state index contributed by atoms with van der Waals surface area (Å²) in [6, 6.07) is 4.30. The third kappa shape index (κ3) is 3.88. The molecule has 0 amide bonds. The average molecular weight is 291 g/mol. The fourth-order valence-corrected chi connectivity index (χ4v) is 2.72. The first-order chi connectivity index (χ1) is 8.47. The summed E-state index contributed by atoms with van der Waals surface area (Å²) in [6.07, 6.45) is 0. The third-order valence-electron chi connectivity index (χ3n) is 3.54. The highest BCUT2D eigenvalue weighted by molar-refractivity contribution is 5.85. The minimum absolute atomic E-state index is 0. The molecule has 3 unspecified atom stereocenters. The molecule has 5 heteroatoms. The van der Waals surface area contributed by atoms with Gasteiger partial charge in [0.2, 0.25) is 0 Å². The fourth-order valence-electron chi connectivity index (χ4n) is 2.72. The van der Waals surface area contributed by atoms with Crippen molar-refractivity contribution in [1.29, 1.82) is 0 Å². The molecule has 0 bridgehead atoms. The maximum Gasteiger partial charge on any atom is 0.128 e. The molecule has 1 aliphatic heterocycles. The number of halogens is 3. The summed E-state index contributed by atoms with van der Waals surface area (Å²) in [4.78, 5) is 2.20. The van der Waals surface area contributed by atoms with Crippen LogP contribution in [0.1, 0.15) is 32.4 Å². The molecule has 3 atom stereocenters. The monoisotopic (exact) mass is 290 g/mol. The van der Waals surface area contributed by atoms with Crippen LogP contribution in [0.3, 0.4) is 0 Å². The lowest BCUT2D eigenvalue weighted by molar-refractivity contribution is 0.129. The molecule has 0 aliphatic carbocycles. The lowest BCUT2D eigenvalue weighted by Gasteiger charge is -2.39. The Bertz CT molecular complexity index is 418. The lowest BCUT2D eigenvalue weighted by atomic mass is 10.0. The number of nitrogens with one attached hydrogen (secondary N) is 1. The molecule has 1 aromatic rings. The summed E-state index contributed by atoms with van der Waals surface area (Å²) < 4.78 is 27.0. The van der Waals surface area contributed by atoms with Crippen LogP contribution in [0.5, 0.6) is 0 Å². The number of benzene rings is 1. The van der Waals surface area contributed by atoms with Crippen molar-refractivity contribution in [3.05, 3.63) is 35.4 Å². The molecule has 1 fully saturated rings. The molecule has 0 spiro atoms. The van der Waals surface area contributed by atoms with Gasteiger partial charge in [-0.05, 0) is 39.0 Å². The van der Waals surface area contributed by atoms with Gasteiger partial charge < -0.3 is 5.32 Å². The number of nitrogens with zero attached hydrogens (tertiary/aromatic N) is 1. The first-order valence-corrected chi connectivity index (χ1v) is 6.42. The van der Waals surface area contributed by atoms with Gasteiger partial charge in [-0.15, -0.1) is 12.4 Å². The van der Waals surface area contributed by atoms with Crippen LogP contribution in [0.2, 0.25) is 0 Å². The van der Waals surface area contributed by atoms with Crippen LogP contribution in [-0.2, 0) is 0 Å². The quantitative estimate of drug-likeness (QED) is 0.900. The van der Waals surface area contributed by atoms with Crippen LogP contribution in [0.4, 0.5) is 8.78 Å². The summed E-state index contributed by atoms with van der Waals surface area (Å²) in [5.41, 5.74) is 0.441. The SMILES string of the molecule is CC1CN(C(C)c2cc(F)ccc2F)CC(C)N1.Cl. The van der Waals surface area contributed by atoms with Gasteiger partial charge in [-0.3, -0.25) is 4.90 Å². The normalized spacial score (nSPS) is 25.7. The highest BCUT2D eigenvalue weighted by atomic mass is 35.5. The second kappa shape index (κ2) is 6.64. The van der Waals surface area contributed by atoms with Gasteiger partial charge in [0, 0.05) is 36.8 Å². The van der Waals surface area contributed by atoms with Gasteiger partial charge in [0.1, 0.15) is 11.6 Å². The zero-order valence-electron chi connectivity index (χ0n) is 11.5. The maximum absolute atomic E-state index is 13.8. The van der Waals surface area contributed by atoms with Crippen molar-refractivity contribution in [2.45, 2.75) is 38.9 Å². The van der Waals surface area contributed by atoms with Gasteiger partial charge in [-0.2, -0.15) is 0 Å². The van der Waals surface area contributed by atoms with Crippen molar-refractivity contribution in [3.8, 4) is 0 Å². The smallest absolute Gasteiger partial charge is 0.128 e. The highest BCUT2D eigenvalue weighted by Crippen LogP contribution is 2.25. The molecule has 1 aromatic carbocycles. The predicted octanol–water partition coefficient (Wildman–Crippen LogP) is 3.13. The molecular formula is C14H21ClF2N2. The standard InChI is InChI=1S/C14H20F2N2.ClH/c1-9-7-18(8-10(2)17-9)11(3)13-6-12(15)4-5-14(13)16;/h4-6,9-11,17H,7-8H2,1-3H3;1H. The van der Waals surface area contributed by atoms with E-state index >= 15 is 0 Å². The minimum Gasteiger partial charge on any atom is -0.309 e. The van der Waals surface area contributed by atoms with Crippen molar-refractivity contribution < 1.29 is 8.78 Å². The van der Waals surface area contributed by atoms with Crippen molar-refractivity contribution in [3.63, 3.8) is 0 Å². The zero-order valence-corrected chi connectivity index (χ0v) is 12.3. The summed E-state index contributed by atoms with van der Waals surface area (Å²) in [6.45, 7) is 7.85. The Morgan fingerprint density at radius 2 is 1.79 bits per heavy atom. The Morgan fingerprint density at radius 1 is 1.21 bits per heavy atom. The van der Waals surface area contributed by atoms with Gasteiger partial charge in [-0.25, -0.2) is 8.78 Å². The Morgan fingerprint density at radius 3 is 2.37 bits per heavy atom. The predicted molar refractivity (Wildman–Crippen MR) is 75.7 cm³/mol. The number of rotatable bonds is 2. The molecule has 1 N–H and O–H groups in total. The van der Waals surface area contributed by atoms with E-state index in [1.165, 1.54) is 12.1 Å². The summed E-state index contributed by atoms with van der Waals surface area (Å²) >= 11 is 0. The average Bonchev–Trinajstić information content (AvgIpc) is 2.30. The third-order valence-corrected chi connectivity index (χ3v) is 3.54. The van der Waals surface area contributed by atoms with Gasteiger partial charge >= 0.3 is 0 Å². The summed E-state index contributed by atoms with van der Waals surface area (Å²) in [5.74, 6) is -0.711. The van der Waals surface area contributed by atoms with Crippen LogP contribution < -0.4 is 5.32 Å². The number of piperazine rings is 1. The van der Waals surface area contributed by atoms with E-state index in [-0.39, 0.29) is 30.1 Å². The lowest BCUT2D eigenvalue weighted by Crippen LogP contribution is -2.54. The van der Waals surface area contributed by atoms with E-state index in [1.54, 1.807) is 0 Å². The van der Waals surface area contributed by atoms with Gasteiger partial charge in [0.25, 0.3) is 0 Å². The topological polar surface area (TPSA) is 15.3 Å². The van der Waals surface area contributed by atoms with Gasteiger partial charge in [0.05, 0.1) is 0 Å². The van der Waals surface area contributed by atoms with Crippen molar-refractivity contribution in [1.82, 2.24) is 10.2 Å². The largest absolute Gasteiger partial charge is 0.309 e. The zero-order chi connectivity index (χ0) is 13.3. The molecule has 2 rings (SSSR count). The molecule has 1 saturated heterocycles. The van der Waals surface area contributed by atoms with E-state index in [0.29, 0.717) is 17.6 Å². The van der Waals surface area contributed by atoms with Crippen molar-refractivity contribution in [2.75, 3.05) is 13.1 Å². The molecule has 0 saturated carbocycles. The fraction of sp³-hybridized carbons (Fsp3) is 0.571. The summed E-state index contributed by atoms with van der Waals surface area (Å²) in [5, 5.41) is 3.43. The van der Waals surface area contributed by atoms with Crippen molar-refractivity contribution >= 4 is 12.4 Å². The van der Waals surface area contributed by atoms with Crippen LogP contribution in [0.25, 0.3) is 0 Å². The van der Waals surface area contributed by atoms with Gasteiger partial charge in [0.15, 0.2) is 0 Å².